The summed E-state index contributed by atoms with van der Waals surface area (Å²) in [6, 6.07) is 11.9. The average molecular weight is 324 g/mol. The number of fused-ring (bicyclic) bond motifs is 1. The molecule has 124 valence electrons. The van der Waals surface area contributed by atoms with Gasteiger partial charge in [-0.1, -0.05) is 30.3 Å². The first-order valence-electron chi connectivity index (χ1n) is 8.41. The van der Waals surface area contributed by atoms with E-state index in [1.807, 2.05) is 29.2 Å². The second kappa shape index (κ2) is 6.11. The smallest absolute Gasteiger partial charge is 0.275 e. The maximum absolute atomic E-state index is 12.8. The summed E-state index contributed by atoms with van der Waals surface area (Å²) in [4.78, 5) is 28.4. The first-order valence-corrected chi connectivity index (χ1v) is 8.41. The molecule has 1 unspecified atom stereocenters. The van der Waals surface area contributed by atoms with Crippen LogP contribution < -0.4 is 0 Å². The lowest BCUT2D eigenvalue weighted by Gasteiger charge is -2.39. The Balaban J connectivity index is 1.50. The molecular weight excluding hydrogens is 304 g/mol. The fraction of sp³-hybridized carbons (Fsp3) is 0.389. The molecule has 2 aliphatic rings. The van der Waals surface area contributed by atoms with Crippen LogP contribution in [0, 0.1) is 0 Å². The number of H-pyrrole nitrogens is 1. The van der Waals surface area contributed by atoms with Crippen molar-refractivity contribution in [2.45, 2.75) is 31.8 Å². The van der Waals surface area contributed by atoms with Crippen molar-refractivity contribution < 1.29 is 9.59 Å². The summed E-state index contributed by atoms with van der Waals surface area (Å²) in [5.41, 5.74) is 2.52. The van der Waals surface area contributed by atoms with Gasteiger partial charge in [0.2, 0.25) is 5.91 Å². The molecular formula is C18H20N4O2. The van der Waals surface area contributed by atoms with Gasteiger partial charge in [-0.05, 0) is 24.5 Å². The van der Waals surface area contributed by atoms with Crippen molar-refractivity contribution in [3.05, 3.63) is 53.3 Å². The molecule has 2 aliphatic heterocycles. The summed E-state index contributed by atoms with van der Waals surface area (Å²) in [6.07, 6.45) is 2.85. The Morgan fingerprint density at radius 3 is 2.92 bits per heavy atom. The van der Waals surface area contributed by atoms with Gasteiger partial charge < -0.3 is 9.80 Å². The lowest BCUT2D eigenvalue weighted by atomic mass is 10.1. The van der Waals surface area contributed by atoms with Crippen LogP contribution in [-0.2, 0) is 11.2 Å². The number of nitrogens with zero attached hydrogens (tertiary/aromatic N) is 3. The number of carbonyl (C=O) groups excluding carboxylic acids is 2. The van der Waals surface area contributed by atoms with Gasteiger partial charge in [-0.3, -0.25) is 14.7 Å². The lowest BCUT2D eigenvalue weighted by Crippen LogP contribution is -2.55. The molecule has 0 radical (unpaired) electrons. The number of amides is 2. The van der Waals surface area contributed by atoms with Crippen molar-refractivity contribution in [1.82, 2.24) is 20.0 Å². The van der Waals surface area contributed by atoms with Crippen LogP contribution in [0.25, 0.3) is 0 Å². The second-order valence-corrected chi connectivity index (χ2v) is 6.40. The Morgan fingerprint density at radius 2 is 2.08 bits per heavy atom. The number of carbonyl (C=O) groups is 2. The summed E-state index contributed by atoms with van der Waals surface area (Å²) in [5.74, 6) is 0.0725. The van der Waals surface area contributed by atoms with Crippen molar-refractivity contribution in [1.29, 1.82) is 0 Å². The topological polar surface area (TPSA) is 69.3 Å². The molecule has 0 saturated carbocycles. The zero-order valence-electron chi connectivity index (χ0n) is 13.4. The molecule has 1 N–H and O–H groups in total. The molecule has 0 bridgehead atoms. The van der Waals surface area contributed by atoms with E-state index in [1.54, 1.807) is 4.90 Å². The van der Waals surface area contributed by atoms with E-state index in [1.165, 1.54) is 5.56 Å². The lowest BCUT2D eigenvalue weighted by molar-refractivity contribution is -0.139. The van der Waals surface area contributed by atoms with E-state index in [0.717, 1.165) is 31.5 Å². The maximum Gasteiger partial charge on any atom is 0.275 e. The van der Waals surface area contributed by atoms with Crippen molar-refractivity contribution in [3.8, 4) is 0 Å². The Bertz CT molecular complexity index is 755. The number of aromatic amines is 1. The standard InChI is InChI=1S/C18H20N4O2/c23-17-8-10-22(16-7-4-9-21(16)17)18(24)15-12-14(19-20-15)11-13-5-2-1-3-6-13/h1-3,5-6,12,16H,4,7-11H2,(H,19,20). The number of benzene rings is 1. The zero-order valence-corrected chi connectivity index (χ0v) is 13.4. The molecule has 4 rings (SSSR count). The Morgan fingerprint density at radius 1 is 1.25 bits per heavy atom. The maximum atomic E-state index is 12.8. The van der Waals surface area contributed by atoms with E-state index in [4.69, 9.17) is 0 Å². The number of hydrogen-bond donors (Lipinski definition) is 1. The van der Waals surface area contributed by atoms with E-state index in [-0.39, 0.29) is 18.0 Å². The molecule has 1 atom stereocenters. The SMILES string of the molecule is O=C1CCN(C(=O)c2cc(Cc3ccccc3)[nH]n2)C2CCCN12. The third kappa shape index (κ3) is 2.68. The Kier molecular flexibility index (Phi) is 3.80. The van der Waals surface area contributed by atoms with Crippen molar-refractivity contribution in [2.75, 3.05) is 13.1 Å². The second-order valence-electron chi connectivity index (χ2n) is 6.40. The molecule has 3 heterocycles. The molecule has 2 saturated heterocycles. The minimum Gasteiger partial charge on any atom is -0.322 e. The average Bonchev–Trinajstić information content (AvgIpc) is 3.25. The predicted octanol–water partition coefficient (Wildman–Crippen LogP) is 1.79. The van der Waals surface area contributed by atoms with Crippen molar-refractivity contribution >= 4 is 11.8 Å². The minimum absolute atomic E-state index is 0.0880. The monoisotopic (exact) mass is 324 g/mol. The van der Waals surface area contributed by atoms with E-state index < -0.39 is 0 Å². The molecule has 0 spiro atoms. The highest BCUT2D eigenvalue weighted by molar-refractivity contribution is 5.94. The van der Waals surface area contributed by atoms with Crippen LogP contribution in [0.3, 0.4) is 0 Å². The molecule has 2 fully saturated rings. The first kappa shape index (κ1) is 14.9. The van der Waals surface area contributed by atoms with Crippen LogP contribution >= 0.6 is 0 Å². The molecule has 24 heavy (non-hydrogen) atoms. The minimum atomic E-state index is -0.0898. The first-order chi connectivity index (χ1) is 11.7. The summed E-state index contributed by atoms with van der Waals surface area (Å²) < 4.78 is 0. The number of nitrogens with one attached hydrogen (secondary N) is 1. The van der Waals surface area contributed by atoms with Gasteiger partial charge in [-0.2, -0.15) is 5.10 Å². The number of aromatic nitrogens is 2. The van der Waals surface area contributed by atoms with Crippen LogP contribution in [0.1, 0.15) is 41.0 Å². The molecule has 1 aromatic carbocycles. The van der Waals surface area contributed by atoms with E-state index in [9.17, 15) is 9.59 Å². The van der Waals surface area contributed by atoms with Gasteiger partial charge in [0.25, 0.3) is 5.91 Å². The van der Waals surface area contributed by atoms with Crippen LogP contribution in [0.15, 0.2) is 36.4 Å². The summed E-state index contributed by atoms with van der Waals surface area (Å²) in [5, 5.41) is 7.17. The van der Waals surface area contributed by atoms with Crippen LogP contribution in [0.2, 0.25) is 0 Å². The summed E-state index contributed by atoms with van der Waals surface area (Å²) >= 11 is 0. The van der Waals surface area contributed by atoms with Crippen LogP contribution in [-0.4, -0.2) is 51.1 Å². The summed E-state index contributed by atoms with van der Waals surface area (Å²) in [6.45, 7) is 1.24. The van der Waals surface area contributed by atoms with Gasteiger partial charge in [-0.25, -0.2) is 0 Å². The fourth-order valence-electron chi connectivity index (χ4n) is 3.63. The quantitative estimate of drug-likeness (QED) is 0.936. The Labute approximate surface area is 140 Å². The largest absolute Gasteiger partial charge is 0.322 e. The van der Waals surface area contributed by atoms with E-state index >= 15 is 0 Å². The zero-order chi connectivity index (χ0) is 16.5. The number of hydrogen-bond acceptors (Lipinski definition) is 3. The molecule has 6 nitrogen and oxygen atoms in total. The van der Waals surface area contributed by atoms with Gasteiger partial charge in [-0.15, -0.1) is 0 Å². The van der Waals surface area contributed by atoms with E-state index in [2.05, 4.69) is 22.3 Å². The third-order valence-electron chi connectivity index (χ3n) is 4.82. The van der Waals surface area contributed by atoms with Crippen molar-refractivity contribution in [2.24, 2.45) is 0 Å². The highest BCUT2D eigenvalue weighted by Crippen LogP contribution is 2.27. The van der Waals surface area contributed by atoms with E-state index in [0.29, 0.717) is 18.7 Å². The van der Waals surface area contributed by atoms with Gasteiger partial charge in [0, 0.05) is 31.6 Å². The number of rotatable bonds is 3. The van der Waals surface area contributed by atoms with Crippen molar-refractivity contribution in [3.63, 3.8) is 0 Å². The third-order valence-corrected chi connectivity index (χ3v) is 4.82. The fourth-order valence-corrected chi connectivity index (χ4v) is 3.63. The van der Waals surface area contributed by atoms with Gasteiger partial charge in [0.1, 0.15) is 11.9 Å². The van der Waals surface area contributed by atoms with Gasteiger partial charge in [0.05, 0.1) is 0 Å². The predicted molar refractivity (Wildman–Crippen MR) is 88.2 cm³/mol. The normalized spacial score (nSPS) is 20.3. The molecule has 6 heteroatoms. The van der Waals surface area contributed by atoms with Gasteiger partial charge in [0.15, 0.2) is 0 Å². The molecule has 0 aliphatic carbocycles. The molecule has 2 amide bonds. The molecule has 1 aromatic heterocycles. The highest BCUT2D eigenvalue weighted by atomic mass is 16.2. The van der Waals surface area contributed by atoms with Crippen LogP contribution in [0.4, 0.5) is 0 Å². The highest BCUT2D eigenvalue weighted by Gasteiger charge is 2.40. The Hall–Kier alpha value is -2.63. The van der Waals surface area contributed by atoms with Gasteiger partial charge >= 0.3 is 0 Å². The van der Waals surface area contributed by atoms with Crippen LogP contribution in [0.5, 0.6) is 0 Å². The summed E-state index contributed by atoms with van der Waals surface area (Å²) in [7, 11) is 0. The molecule has 2 aromatic rings.